The van der Waals surface area contributed by atoms with E-state index in [0.717, 1.165) is 6.26 Å². The molecule has 0 saturated heterocycles. The van der Waals surface area contributed by atoms with E-state index in [-0.39, 0.29) is 18.3 Å². The molecule has 0 fully saturated rings. The Kier molecular flexibility index (Phi) is 4.19. The van der Waals surface area contributed by atoms with Crippen LogP contribution in [0.25, 0.3) is 0 Å². The van der Waals surface area contributed by atoms with Crippen LogP contribution in [-0.4, -0.2) is 45.3 Å². The summed E-state index contributed by atoms with van der Waals surface area (Å²) >= 11 is 1.52. The number of thioether (sulfide) groups is 1. The van der Waals surface area contributed by atoms with Gasteiger partial charge in [0.05, 0.1) is 5.60 Å². The van der Waals surface area contributed by atoms with Gasteiger partial charge >= 0.3 is 5.97 Å². The van der Waals surface area contributed by atoms with Gasteiger partial charge in [0.2, 0.25) is 0 Å². The largest absolute Gasteiger partial charge is 0.476 e. The molecule has 1 aromatic rings. The van der Waals surface area contributed by atoms with Crippen molar-refractivity contribution in [1.29, 1.82) is 0 Å². The molecule has 0 spiro atoms. The molecule has 0 aliphatic rings. The maximum absolute atomic E-state index is 10.5. The smallest absolute Gasteiger partial charge is 0.357 e. The molecule has 0 aromatic carbocycles. The van der Waals surface area contributed by atoms with Crippen molar-refractivity contribution < 1.29 is 19.4 Å². The van der Waals surface area contributed by atoms with Gasteiger partial charge < -0.3 is 19.9 Å². The third-order valence-electron chi connectivity index (χ3n) is 1.80. The monoisotopic (exact) mass is 246 g/mol. The molecule has 0 saturated carbocycles. The van der Waals surface area contributed by atoms with Crippen LogP contribution in [0.1, 0.15) is 17.4 Å². The van der Waals surface area contributed by atoms with Gasteiger partial charge in [0.1, 0.15) is 6.26 Å². The first-order valence-electron chi connectivity index (χ1n) is 4.58. The molecule has 1 rings (SSSR count). The van der Waals surface area contributed by atoms with Gasteiger partial charge in [-0.05, 0) is 13.2 Å². The summed E-state index contributed by atoms with van der Waals surface area (Å²) in [5.41, 5.74) is -1.05. The van der Waals surface area contributed by atoms with Crippen molar-refractivity contribution in [3.8, 4) is 0 Å². The zero-order valence-electron chi connectivity index (χ0n) is 9.06. The molecule has 1 heterocycles. The number of anilines is 1. The van der Waals surface area contributed by atoms with Gasteiger partial charge in [-0.3, -0.25) is 0 Å². The lowest BCUT2D eigenvalue weighted by atomic mass is 10.1. The molecule has 0 radical (unpaired) electrons. The highest BCUT2D eigenvalue weighted by atomic mass is 32.2. The molecular formula is C9H14N2O4S. The van der Waals surface area contributed by atoms with Crippen LogP contribution in [0.4, 0.5) is 6.01 Å². The molecule has 0 aliphatic heterocycles. The maximum atomic E-state index is 10.5. The molecule has 0 bridgehead atoms. The molecule has 90 valence electrons. The van der Waals surface area contributed by atoms with Crippen molar-refractivity contribution >= 4 is 23.7 Å². The lowest BCUT2D eigenvalue weighted by molar-refractivity contribution is 0.0690. The quantitative estimate of drug-likeness (QED) is 0.686. The summed E-state index contributed by atoms with van der Waals surface area (Å²) in [6.45, 7) is 1.92. The lowest BCUT2D eigenvalue weighted by Gasteiger charge is -2.21. The van der Waals surface area contributed by atoms with Gasteiger partial charge in [0, 0.05) is 12.3 Å². The molecule has 0 aliphatic carbocycles. The van der Waals surface area contributed by atoms with Crippen LogP contribution in [-0.2, 0) is 0 Å². The third-order valence-corrected chi connectivity index (χ3v) is 2.71. The Morgan fingerprint density at radius 2 is 2.44 bits per heavy atom. The number of carboxylic acids is 1. The van der Waals surface area contributed by atoms with Crippen molar-refractivity contribution in [2.75, 3.05) is 23.9 Å². The average molecular weight is 246 g/mol. The summed E-state index contributed by atoms with van der Waals surface area (Å²) in [7, 11) is 0. The van der Waals surface area contributed by atoms with E-state index in [1.165, 1.54) is 11.8 Å². The molecule has 16 heavy (non-hydrogen) atoms. The van der Waals surface area contributed by atoms with Crippen molar-refractivity contribution in [2.45, 2.75) is 12.5 Å². The van der Waals surface area contributed by atoms with Crippen LogP contribution >= 0.6 is 11.8 Å². The van der Waals surface area contributed by atoms with E-state index in [2.05, 4.69) is 10.3 Å². The molecule has 0 amide bonds. The number of nitrogens with zero attached hydrogens (tertiary/aromatic N) is 1. The predicted octanol–water partition coefficient (Wildman–Crippen LogP) is 0.899. The summed E-state index contributed by atoms with van der Waals surface area (Å²) < 4.78 is 4.88. The molecule has 1 atom stereocenters. The van der Waals surface area contributed by atoms with Crippen LogP contribution < -0.4 is 5.32 Å². The lowest BCUT2D eigenvalue weighted by Crippen LogP contribution is -2.36. The van der Waals surface area contributed by atoms with E-state index in [1.54, 1.807) is 6.92 Å². The second-order valence-corrected chi connectivity index (χ2v) is 4.49. The van der Waals surface area contributed by atoms with Gasteiger partial charge in [-0.25, -0.2) is 4.79 Å². The number of rotatable bonds is 6. The van der Waals surface area contributed by atoms with E-state index in [0.29, 0.717) is 5.75 Å². The average Bonchev–Trinajstić information content (AvgIpc) is 2.63. The van der Waals surface area contributed by atoms with E-state index in [4.69, 9.17) is 9.52 Å². The van der Waals surface area contributed by atoms with Crippen molar-refractivity contribution in [3.63, 3.8) is 0 Å². The van der Waals surface area contributed by atoms with E-state index >= 15 is 0 Å². The Bertz CT molecular complexity index is 364. The Balaban J connectivity index is 2.51. The second-order valence-electron chi connectivity index (χ2n) is 3.63. The fourth-order valence-corrected chi connectivity index (χ4v) is 1.81. The van der Waals surface area contributed by atoms with Crippen molar-refractivity contribution in [3.05, 3.63) is 12.0 Å². The summed E-state index contributed by atoms with van der Waals surface area (Å²) in [4.78, 5) is 14.2. The normalized spacial score (nSPS) is 14.4. The van der Waals surface area contributed by atoms with Crippen LogP contribution in [0, 0.1) is 0 Å². The first-order valence-corrected chi connectivity index (χ1v) is 5.98. The van der Waals surface area contributed by atoms with Crippen molar-refractivity contribution in [1.82, 2.24) is 4.98 Å². The highest BCUT2D eigenvalue weighted by Gasteiger charge is 2.20. The first-order chi connectivity index (χ1) is 7.44. The third kappa shape index (κ3) is 3.74. The molecule has 6 nitrogen and oxygen atoms in total. The molecular weight excluding hydrogens is 232 g/mol. The standard InChI is InChI=1S/C9H14N2O4S/c1-9(14,5-16-2)4-10-8-11-6(3-15-8)7(12)13/h3,14H,4-5H2,1-2H3,(H,10,11)(H,12,13). The summed E-state index contributed by atoms with van der Waals surface area (Å²) in [5, 5.41) is 21.2. The Morgan fingerprint density at radius 1 is 1.75 bits per heavy atom. The predicted molar refractivity (Wildman–Crippen MR) is 61.0 cm³/mol. The Hall–Kier alpha value is -1.21. The number of carboxylic acid groups (broad SMARTS) is 1. The molecule has 1 aromatic heterocycles. The van der Waals surface area contributed by atoms with Gasteiger partial charge in [0.25, 0.3) is 6.01 Å². The van der Waals surface area contributed by atoms with E-state index in [9.17, 15) is 9.90 Å². The van der Waals surface area contributed by atoms with Crippen LogP contribution in [0.2, 0.25) is 0 Å². The zero-order chi connectivity index (χ0) is 12.2. The zero-order valence-corrected chi connectivity index (χ0v) is 9.87. The van der Waals surface area contributed by atoms with Crippen LogP contribution in [0.15, 0.2) is 10.7 Å². The van der Waals surface area contributed by atoms with Crippen LogP contribution in [0.5, 0.6) is 0 Å². The van der Waals surface area contributed by atoms with Gasteiger partial charge in [-0.2, -0.15) is 16.7 Å². The number of nitrogens with one attached hydrogen (secondary N) is 1. The fraction of sp³-hybridized carbons (Fsp3) is 0.556. The Labute approximate surface area is 97.1 Å². The second kappa shape index (κ2) is 5.22. The maximum Gasteiger partial charge on any atom is 0.357 e. The van der Waals surface area contributed by atoms with Gasteiger partial charge in [0.15, 0.2) is 5.69 Å². The number of aromatic carboxylic acids is 1. The summed E-state index contributed by atoms with van der Waals surface area (Å²) in [6, 6.07) is 0.0961. The highest BCUT2D eigenvalue weighted by Crippen LogP contribution is 2.13. The van der Waals surface area contributed by atoms with E-state index < -0.39 is 11.6 Å². The molecule has 3 N–H and O–H groups in total. The number of oxazole rings is 1. The minimum absolute atomic E-state index is 0.0961. The Morgan fingerprint density at radius 3 is 2.94 bits per heavy atom. The SMILES string of the molecule is CSCC(C)(O)CNc1nc(C(=O)O)co1. The number of carbonyl (C=O) groups is 1. The minimum Gasteiger partial charge on any atom is -0.476 e. The van der Waals surface area contributed by atoms with Gasteiger partial charge in [-0.15, -0.1) is 0 Å². The van der Waals surface area contributed by atoms with Crippen molar-refractivity contribution in [2.24, 2.45) is 0 Å². The fourth-order valence-electron chi connectivity index (χ4n) is 1.08. The molecule has 7 heteroatoms. The number of hydrogen-bond acceptors (Lipinski definition) is 6. The summed E-state index contributed by atoms with van der Waals surface area (Å²) in [5.74, 6) is -0.584. The number of aromatic nitrogens is 1. The first kappa shape index (κ1) is 12.9. The topological polar surface area (TPSA) is 95.6 Å². The van der Waals surface area contributed by atoms with E-state index in [1.807, 2.05) is 6.26 Å². The van der Waals surface area contributed by atoms with Gasteiger partial charge in [-0.1, -0.05) is 0 Å². The van der Waals surface area contributed by atoms with Crippen LogP contribution in [0.3, 0.4) is 0 Å². The number of hydrogen-bond donors (Lipinski definition) is 3. The molecule has 1 unspecified atom stereocenters. The summed E-state index contributed by atoms with van der Waals surface area (Å²) in [6.07, 6.45) is 2.94. The number of aliphatic hydroxyl groups is 1. The highest BCUT2D eigenvalue weighted by molar-refractivity contribution is 7.98. The minimum atomic E-state index is -1.15.